The summed E-state index contributed by atoms with van der Waals surface area (Å²) < 4.78 is 0. The van der Waals surface area contributed by atoms with E-state index >= 15 is 0 Å². The second-order valence-electron chi connectivity index (χ2n) is 2.77. The lowest BCUT2D eigenvalue weighted by Gasteiger charge is -2.23. The van der Waals surface area contributed by atoms with E-state index in [2.05, 4.69) is 0 Å². The number of carboxylic acids is 1. The highest BCUT2D eigenvalue weighted by molar-refractivity contribution is 6.52. The fraction of sp³-hybridized carbons (Fsp3) is 0.125. The van der Waals surface area contributed by atoms with Gasteiger partial charge in [0.05, 0.1) is 15.7 Å². The molecule has 0 aliphatic carbocycles. The van der Waals surface area contributed by atoms with E-state index in [0.717, 1.165) is 0 Å². The van der Waals surface area contributed by atoms with Gasteiger partial charge in [-0.1, -0.05) is 29.3 Å². The fourth-order valence-electron chi connectivity index (χ4n) is 1.000. The second kappa shape index (κ2) is 3.87. The van der Waals surface area contributed by atoms with E-state index < -0.39 is 11.2 Å². The lowest BCUT2D eigenvalue weighted by Crippen LogP contribution is -2.37. The zero-order valence-electron chi connectivity index (χ0n) is 7.00. The first-order valence-corrected chi connectivity index (χ1v) is 4.38. The maximum Gasteiger partial charge on any atom is 0.296 e. The predicted octanol–water partition coefficient (Wildman–Crippen LogP) is 1.57. The van der Waals surface area contributed by atoms with Crippen LogP contribution in [0.5, 0.6) is 0 Å². The summed E-state index contributed by atoms with van der Waals surface area (Å²) in [5.41, 5.74) is 0.0100. The van der Waals surface area contributed by atoms with E-state index in [1.807, 2.05) is 0 Å². The van der Waals surface area contributed by atoms with Gasteiger partial charge in [0.25, 0.3) is 5.97 Å². The zero-order chi connectivity index (χ0) is 10.9. The fourth-order valence-corrected chi connectivity index (χ4v) is 1.71. The summed E-state index contributed by atoms with van der Waals surface area (Å²) in [5.74, 6) is -1.40. The van der Waals surface area contributed by atoms with Crippen molar-refractivity contribution < 1.29 is 9.90 Å². The third-order valence-corrected chi connectivity index (χ3v) is 2.36. The molecule has 0 fully saturated rings. The first kappa shape index (κ1) is 11.5. The summed E-state index contributed by atoms with van der Waals surface area (Å²) in [4.78, 5) is 10.8. The Morgan fingerprint density at radius 3 is 2.07 bits per heavy atom. The Balaban J connectivity index is 3.38. The molecule has 0 aliphatic rings. The molecule has 1 aromatic carbocycles. The minimum Gasteiger partial charge on any atom is -0.482 e. The molecule has 14 heavy (non-hydrogen) atoms. The minimum atomic E-state index is -2.07. The summed E-state index contributed by atoms with van der Waals surface area (Å²) >= 11 is 11.5. The normalized spacial score (nSPS) is 11.3. The number of carbonyl (C=O) groups is 1. The second-order valence-corrected chi connectivity index (χ2v) is 3.59. The third-order valence-electron chi connectivity index (χ3n) is 1.73. The molecule has 6 heteroatoms. The first-order chi connectivity index (χ1) is 6.37. The van der Waals surface area contributed by atoms with Gasteiger partial charge in [0.2, 0.25) is 0 Å². The molecular weight excluding hydrogens is 221 g/mol. The molecule has 0 aliphatic heterocycles. The van der Waals surface area contributed by atoms with Crippen molar-refractivity contribution in [2.75, 3.05) is 0 Å². The Bertz CT molecular complexity index is 359. The number of hydrogen-bond donors (Lipinski definition) is 1. The molecule has 1 rings (SSSR count). The van der Waals surface area contributed by atoms with E-state index in [9.17, 15) is 4.79 Å². The van der Waals surface area contributed by atoms with Crippen molar-refractivity contribution in [3.05, 3.63) is 33.8 Å². The Labute approximate surface area is 94.0 Å². The summed E-state index contributed by atoms with van der Waals surface area (Å²) in [6.45, 7) is 0. The number of rotatable bonds is 2. The van der Waals surface area contributed by atoms with Crippen LogP contribution in [0.1, 0.15) is 5.56 Å². The van der Waals surface area contributed by atoms with Crippen molar-refractivity contribution >= 4 is 44.9 Å². The summed E-state index contributed by atoms with van der Waals surface area (Å²) in [6, 6.07) is 4.52. The van der Waals surface area contributed by atoms with E-state index in [1.54, 1.807) is 6.07 Å². The van der Waals surface area contributed by atoms with Gasteiger partial charge in [0.1, 0.15) is 0 Å². The first-order valence-electron chi connectivity index (χ1n) is 3.63. The molecule has 0 heterocycles. The van der Waals surface area contributed by atoms with Crippen molar-refractivity contribution in [3.63, 3.8) is 0 Å². The van der Waals surface area contributed by atoms with Crippen LogP contribution in [0, 0.1) is 0 Å². The maximum absolute atomic E-state index is 10.8. The van der Waals surface area contributed by atoms with Crippen LogP contribution in [0.2, 0.25) is 10.0 Å². The molecule has 2 nitrogen and oxygen atoms in total. The number of hydrogen-bond acceptors (Lipinski definition) is 1. The Morgan fingerprint density at radius 1 is 1.29 bits per heavy atom. The average molecular weight is 225 g/mol. The van der Waals surface area contributed by atoms with E-state index in [4.69, 9.17) is 44.0 Å². The molecule has 0 aromatic heterocycles. The van der Waals surface area contributed by atoms with Gasteiger partial charge in [0, 0.05) is 15.3 Å². The predicted molar refractivity (Wildman–Crippen MR) is 57.3 cm³/mol. The topological polar surface area (TPSA) is 37.3 Å². The molecule has 0 bridgehead atoms. The highest BCUT2D eigenvalue weighted by Gasteiger charge is 2.32. The van der Waals surface area contributed by atoms with Crippen LogP contribution in [0.4, 0.5) is 0 Å². The third kappa shape index (κ3) is 1.91. The van der Waals surface area contributed by atoms with Gasteiger partial charge >= 0.3 is 0 Å². The van der Waals surface area contributed by atoms with Crippen molar-refractivity contribution in [3.8, 4) is 0 Å². The van der Waals surface area contributed by atoms with Crippen molar-refractivity contribution in [2.24, 2.45) is 0 Å². The van der Waals surface area contributed by atoms with Crippen LogP contribution in [-0.2, 0) is 10.0 Å². The highest BCUT2D eigenvalue weighted by Crippen LogP contribution is 2.32. The lowest BCUT2D eigenvalue weighted by molar-refractivity contribution is -0.138. The molecule has 0 unspecified atom stereocenters. The van der Waals surface area contributed by atoms with E-state index in [1.165, 1.54) is 12.1 Å². The standard InChI is InChI=1S/C8H4B2Cl2O2/c9-8(10,7(13)14)6-4(11)2-1-3-5(6)12/h1-3H,(H,13,14). The largest absolute Gasteiger partial charge is 0.482 e. The molecule has 0 spiro atoms. The molecule has 0 saturated heterocycles. The molecule has 1 N–H and O–H groups in total. The van der Waals surface area contributed by atoms with E-state index in [-0.39, 0.29) is 15.6 Å². The number of benzene rings is 1. The van der Waals surface area contributed by atoms with Gasteiger partial charge in [0.15, 0.2) is 0 Å². The Kier molecular flexibility index (Phi) is 3.17. The van der Waals surface area contributed by atoms with Crippen LogP contribution in [0.15, 0.2) is 18.2 Å². The lowest BCUT2D eigenvalue weighted by atomic mass is 9.51. The molecule has 0 atom stereocenters. The molecular formula is C8H4B2Cl2O2. The molecule has 0 saturated carbocycles. The van der Waals surface area contributed by atoms with Crippen LogP contribution < -0.4 is 0 Å². The average Bonchev–Trinajstić information content (AvgIpc) is 2.02. The SMILES string of the molecule is [B]C([B])(C(=O)O)c1c(Cl)cccc1Cl. The van der Waals surface area contributed by atoms with Gasteiger partial charge < -0.3 is 5.11 Å². The number of carboxylic acid groups (broad SMARTS) is 1. The smallest absolute Gasteiger partial charge is 0.296 e. The van der Waals surface area contributed by atoms with Crippen molar-refractivity contribution in [1.82, 2.24) is 0 Å². The molecule has 0 amide bonds. The molecule has 1 aromatic rings. The summed E-state index contributed by atoms with van der Waals surface area (Å²) in [5, 5.41) is 6.96. The van der Waals surface area contributed by atoms with Gasteiger partial charge in [-0.15, -0.1) is 0 Å². The molecule has 4 radical (unpaired) electrons. The van der Waals surface area contributed by atoms with Crippen molar-refractivity contribution in [1.29, 1.82) is 0 Å². The summed E-state index contributed by atoms with van der Waals surface area (Å²) in [6.07, 6.45) is 0. The van der Waals surface area contributed by atoms with Gasteiger partial charge in [-0.05, 0) is 17.7 Å². The Hall–Kier alpha value is -0.600. The van der Waals surface area contributed by atoms with E-state index in [0.29, 0.717) is 0 Å². The van der Waals surface area contributed by atoms with Crippen molar-refractivity contribution in [2.45, 2.75) is 5.21 Å². The molecule has 68 valence electrons. The Morgan fingerprint density at radius 2 is 1.71 bits per heavy atom. The van der Waals surface area contributed by atoms with Crippen LogP contribution in [0.3, 0.4) is 0 Å². The summed E-state index contributed by atoms with van der Waals surface area (Å²) in [7, 11) is 10.8. The van der Waals surface area contributed by atoms with Crippen LogP contribution in [0.25, 0.3) is 0 Å². The zero-order valence-corrected chi connectivity index (χ0v) is 8.51. The van der Waals surface area contributed by atoms with Crippen LogP contribution in [-0.4, -0.2) is 26.8 Å². The van der Waals surface area contributed by atoms with Gasteiger partial charge in [-0.25, -0.2) is 0 Å². The number of halogens is 2. The monoisotopic (exact) mass is 224 g/mol. The maximum atomic E-state index is 10.8. The van der Waals surface area contributed by atoms with Gasteiger partial charge in [-0.3, -0.25) is 4.79 Å². The highest BCUT2D eigenvalue weighted by atomic mass is 35.5. The minimum absolute atomic E-state index is 0.0100. The quantitative estimate of drug-likeness (QED) is 0.775. The van der Waals surface area contributed by atoms with Gasteiger partial charge in [-0.2, -0.15) is 0 Å². The number of aliphatic carboxylic acids is 1. The van der Waals surface area contributed by atoms with Crippen LogP contribution >= 0.6 is 23.2 Å².